The SMILES string of the molecule is Cl.O=C1CN(CCCN2CCN(C(c3ccccc3)c3ccccc3)CC2)S(=O)(=O)c2ccccc21. The van der Waals surface area contributed by atoms with Gasteiger partial charge in [0.1, 0.15) is 0 Å². The molecule has 190 valence electrons. The fourth-order valence-corrected chi connectivity index (χ4v) is 6.84. The van der Waals surface area contributed by atoms with E-state index in [1.165, 1.54) is 21.5 Å². The largest absolute Gasteiger partial charge is 0.301 e. The van der Waals surface area contributed by atoms with Gasteiger partial charge in [-0.15, -0.1) is 12.4 Å². The Balaban J connectivity index is 0.00000304. The van der Waals surface area contributed by atoms with Crippen molar-refractivity contribution in [2.24, 2.45) is 0 Å². The maximum atomic E-state index is 13.0. The Morgan fingerprint density at radius 3 is 1.89 bits per heavy atom. The molecule has 0 bridgehead atoms. The molecule has 6 nitrogen and oxygen atoms in total. The van der Waals surface area contributed by atoms with Crippen molar-refractivity contribution in [1.82, 2.24) is 14.1 Å². The average molecular weight is 526 g/mol. The molecule has 0 aliphatic carbocycles. The van der Waals surface area contributed by atoms with Crippen LogP contribution in [0.4, 0.5) is 0 Å². The summed E-state index contributed by atoms with van der Waals surface area (Å²) in [6.07, 6.45) is 0.704. The fourth-order valence-electron chi connectivity index (χ4n) is 5.19. The molecule has 0 amide bonds. The molecule has 8 heteroatoms. The van der Waals surface area contributed by atoms with E-state index >= 15 is 0 Å². The zero-order valence-corrected chi connectivity index (χ0v) is 21.8. The molecule has 0 radical (unpaired) electrons. The lowest BCUT2D eigenvalue weighted by Gasteiger charge is -2.40. The van der Waals surface area contributed by atoms with Crippen LogP contribution in [0.2, 0.25) is 0 Å². The third kappa shape index (κ3) is 5.56. The number of Topliss-reactive ketones (excluding diaryl/α,β-unsaturated/α-hetero) is 1. The maximum absolute atomic E-state index is 13.0. The van der Waals surface area contributed by atoms with E-state index in [1.54, 1.807) is 18.2 Å². The molecule has 1 saturated heterocycles. The number of ketones is 1. The van der Waals surface area contributed by atoms with Crippen LogP contribution in [0.3, 0.4) is 0 Å². The predicted molar refractivity (Wildman–Crippen MR) is 144 cm³/mol. The van der Waals surface area contributed by atoms with Gasteiger partial charge in [0.25, 0.3) is 0 Å². The molecule has 1 fully saturated rings. The van der Waals surface area contributed by atoms with Gasteiger partial charge >= 0.3 is 0 Å². The van der Waals surface area contributed by atoms with Crippen LogP contribution in [0.15, 0.2) is 89.8 Å². The number of rotatable bonds is 7. The number of hydrogen-bond donors (Lipinski definition) is 0. The zero-order valence-electron chi connectivity index (χ0n) is 20.2. The minimum Gasteiger partial charge on any atom is -0.301 e. The third-order valence-electron chi connectivity index (χ3n) is 7.01. The highest BCUT2D eigenvalue weighted by molar-refractivity contribution is 7.89. The number of halogens is 1. The number of fused-ring (bicyclic) bond motifs is 1. The molecule has 5 rings (SSSR count). The predicted octanol–water partition coefficient (Wildman–Crippen LogP) is 4.09. The van der Waals surface area contributed by atoms with Crippen LogP contribution in [0.5, 0.6) is 0 Å². The molecule has 36 heavy (non-hydrogen) atoms. The van der Waals surface area contributed by atoms with E-state index in [-0.39, 0.29) is 35.7 Å². The second-order valence-electron chi connectivity index (χ2n) is 9.21. The van der Waals surface area contributed by atoms with Gasteiger partial charge in [-0.25, -0.2) is 8.42 Å². The van der Waals surface area contributed by atoms with Gasteiger partial charge in [0.2, 0.25) is 10.0 Å². The first-order valence-corrected chi connectivity index (χ1v) is 13.7. The Labute approximate surface area is 220 Å². The number of piperazine rings is 1. The molecule has 2 heterocycles. The second kappa shape index (κ2) is 11.7. The van der Waals surface area contributed by atoms with E-state index in [1.807, 2.05) is 0 Å². The van der Waals surface area contributed by atoms with Crippen molar-refractivity contribution in [2.45, 2.75) is 17.4 Å². The van der Waals surface area contributed by atoms with Gasteiger partial charge in [0.15, 0.2) is 5.78 Å². The van der Waals surface area contributed by atoms with Crippen LogP contribution in [0.25, 0.3) is 0 Å². The lowest BCUT2D eigenvalue weighted by atomic mass is 9.96. The molecule has 0 spiro atoms. The highest BCUT2D eigenvalue weighted by Gasteiger charge is 2.35. The first-order valence-electron chi connectivity index (χ1n) is 12.2. The first-order chi connectivity index (χ1) is 17.0. The maximum Gasteiger partial charge on any atom is 0.244 e. The van der Waals surface area contributed by atoms with Crippen molar-refractivity contribution in [3.05, 3.63) is 102 Å². The monoisotopic (exact) mass is 525 g/mol. The highest BCUT2D eigenvalue weighted by Crippen LogP contribution is 2.30. The molecule has 0 unspecified atom stereocenters. The fraction of sp³-hybridized carbons (Fsp3) is 0.321. The van der Waals surface area contributed by atoms with Crippen molar-refractivity contribution in [3.63, 3.8) is 0 Å². The number of hydrogen-bond acceptors (Lipinski definition) is 5. The summed E-state index contributed by atoms with van der Waals surface area (Å²) < 4.78 is 27.3. The Kier molecular flexibility index (Phi) is 8.59. The first kappa shape index (κ1) is 26.5. The Hall–Kier alpha value is -2.55. The lowest BCUT2D eigenvalue weighted by molar-refractivity contribution is 0.0945. The molecule has 3 aromatic carbocycles. The van der Waals surface area contributed by atoms with Crippen LogP contribution >= 0.6 is 12.4 Å². The van der Waals surface area contributed by atoms with Gasteiger partial charge in [-0.1, -0.05) is 72.8 Å². The molecule has 0 atom stereocenters. The summed E-state index contributed by atoms with van der Waals surface area (Å²) in [6.45, 7) is 4.87. The highest BCUT2D eigenvalue weighted by atomic mass is 35.5. The van der Waals surface area contributed by atoms with Crippen molar-refractivity contribution in [3.8, 4) is 0 Å². The Morgan fingerprint density at radius 1 is 0.722 bits per heavy atom. The van der Waals surface area contributed by atoms with Crippen molar-refractivity contribution >= 4 is 28.2 Å². The van der Waals surface area contributed by atoms with Crippen molar-refractivity contribution in [2.75, 3.05) is 45.8 Å². The summed E-state index contributed by atoms with van der Waals surface area (Å²) in [5, 5.41) is 0. The van der Waals surface area contributed by atoms with Crippen LogP contribution < -0.4 is 0 Å². The average Bonchev–Trinajstić information content (AvgIpc) is 2.90. The van der Waals surface area contributed by atoms with E-state index in [0.29, 0.717) is 18.5 Å². The molecular formula is C28H32ClN3O3S. The normalized spacial score (nSPS) is 18.5. The number of carbonyl (C=O) groups is 1. The zero-order chi connectivity index (χ0) is 24.3. The van der Waals surface area contributed by atoms with Crippen LogP contribution in [0, 0.1) is 0 Å². The van der Waals surface area contributed by atoms with Crippen molar-refractivity contribution < 1.29 is 13.2 Å². The van der Waals surface area contributed by atoms with Crippen molar-refractivity contribution in [1.29, 1.82) is 0 Å². The molecule has 2 aliphatic rings. The summed E-state index contributed by atoms with van der Waals surface area (Å²) in [5.74, 6) is -0.128. The van der Waals surface area contributed by atoms with Gasteiger partial charge < -0.3 is 4.90 Å². The van der Waals surface area contributed by atoms with Gasteiger partial charge in [0.05, 0.1) is 17.5 Å². The van der Waals surface area contributed by atoms with E-state index in [0.717, 1.165) is 32.7 Å². The topological polar surface area (TPSA) is 60.9 Å². The number of carbonyl (C=O) groups excluding carboxylic acids is 1. The van der Waals surface area contributed by atoms with Crippen LogP contribution in [-0.2, 0) is 10.0 Å². The summed E-state index contributed by atoms with van der Waals surface area (Å²) in [7, 11) is -3.61. The molecule has 0 saturated carbocycles. The minimum atomic E-state index is -3.61. The quantitative estimate of drug-likeness (QED) is 0.465. The van der Waals surface area contributed by atoms with E-state index < -0.39 is 10.0 Å². The third-order valence-corrected chi connectivity index (χ3v) is 8.91. The molecular weight excluding hydrogens is 494 g/mol. The van der Waals surface area contributed by atoms with Gasteiger partial charge in [-0.2, -0.15) is 4.31 Å². The Bertz CT molecular complexity index is 1220. The van der Waals surface area contributed by atoms with Gasteiger partial charge in [0, 0.05) is 38.3 Å². The molecule has 2 aliphatic heterocycles. The second-order valence-corrected chi connectivity index (χ2v) is 11.1. The molecule has 0 aromatic heterocycles. The van der Waals surface area contributed by atoms with Crippen LogP contribution in [0.1, 0.15) is 33.9 Å². The van der Waals surface area contributed by atoms with E-state index in [4.69, 9.17) is 0 Å². The van der Waals surface area contributed by atoms with Gasteiger partial charge in [-0.3, -0.25) is 9.69 Å². The number of sulfonamides is 1. The summed E-state index contributed by atoms with van der Waals surface area (Å²) in [4.78, 5) is 17.5. The number of nitrogens with zero attached hydrogens (tertiary/aromatic N) is 3. The summed E-state index contributed by atoms with van der Waals surface area (Å²) in [6, 6.07) is 28.0. The molecule has 0 N–H and O–H groups in total. The Morgan fingerprint density at radius 2 is 1.28 bits per heavy atom. The lowest BCUT2D eigenvalue weighted by Crippen LogP contribution is -2.48. The summed E-state index contributed by atoms with van der Waals surface area (Å²) >= 11 is 0. The van der Waals surface area contributed by atoms with Crippen LogP contribution in [-0.4, -0.2) is 74.1 Å². The standard InChI is InChI=1S/C28H31N3O3S.ClH/c32-26-22-31(35(33,34)27-15-8-7-14-25(26)27)17-9-16-29-18-20-30(21-19-29)28(23-10-3-1-4-11-23)24-12-5-2-6-13-24;/h1-8,10-15,28H,9,16-22H2;1H. The summed E-state index contributed by atoms with van der Waals surface area (Å²) in [5.41, 5.74) is 2.91. The van der Waals surface area contributed by atoms with E-state index in [2.05, 4.69) is 70.5 Å². The smallest absolute Gasteiger partial charge is 0.244 e. The van der Waals surface area contributed by atoms with Gasteiger partial charge in [-0.05, 0) is 36.2 Å². The number of benzene rings is 3. The van der Waals surface area contributed by atoms with E-state index in [9.17, 15) is 13.2 Å². The molecule has 3 aromatic rings. The minimum absolute atomic E-state index is 0.